The number of rotatable bonds is 4. The highest BCUT2D eigenvalue weighted by Crippen LogP contribution is 2.49. The average molecular weight is 432 g/mol. The number of para-hydroxylation sites is 2. The van der Waals surface area contributed by atoms with Gasteiger partial charge in [0.1, 0.15) is 11.5 Å². The van der Waals surface area contributed by atoms with Crippen molar-refractivity contribution in [1.82, 2.24) is 0 Å². The summed E-state index contributed by atoms with van der Waals surface area (Å²) in [4.78, 5) is 2.50. The molecule has 0 aromatic heterocycles. The van der Waals surface area contributed by atoms with E-state index in [0.29, 0.717) is 0 Å². The number of hydrogen-bond donors (Lipinski definition) is 0. The van der Waals surface area contributed by atoms with Gasteiger partial charge in [-0.05, 0) is 35.0 Å². The van der Waals surface area contributed by atoms with Crippen LogP contribution in [0.4, 0.5) is 11.4 Å². The van der Waals surface area contributed by atoms with Gasteiger partial charge in [0.25, 0.3) is 0 Å². The Bertz CT molecular complexity index is 1000. The molecule has 0 amide bonds. The van der Waals surface area contributed by atoms with Gasteiger partial charge in [0, 0.05) is 0 Å². The van der Waals surface area contributed by atoms with Crippen LogP contribution in [0.3, 0.4) is 0 Å². The fourth-order valence-electron chi connectivity index (χ4n) is 4.35. The topological polar surface area (TPSA) is 12.5 Å². The Labute approximate surface area is 183 Å². The highest BCUT2D eigenvalue weighted by molar-refractivity contribution is 6.90. The van der Waals surface area contributed by atoms with Gasteiger partial charge < -0.3 is 9.64 Å². The lowest BCUT2D eigenvalue weighted by molar-refractivity contribution is 0.475. The van der Waals surface area contributed by atoms with Crippen LogP contribution in [-0.2, 0) is 0 Å². The van der Waals surface area contributed by atoms with Crippen LogP contribution in [0.2, 0.25) is 39.3 Å². The van der Waals surface area contributed by atoms with Crippen LogP contribution in [0.1, 0.15) is 18.5 Å². The van der Waals surface area contributed by atoms with E-state index >= 15 is 0 Å². The fraction of sp³-hybridized carbons (Fsp3) is 0.308. The second kappa shape index (κ2) is 7.43. The Morgan fingerprint density at radius 3 is 1.53 bits per heavy atom. The van der Waals surface area contributed by atoms with E-state index in [1.165, 1.54) is 27.3 Å². The molecule has 0 saturated heterocycles. The second-order valence-electron chi connectivity index (χ2n) is 10.4. The summed E-state index contributed by atoms with van der Waals surface area (Å²) in [7, 11) is -3.16. The van der Waals surface area contributed by atoms with Gasteiger partial charge in [-0.1, -0.05) is 93.9 Å². The van der Waals surface area contributed by atoms with Crippen molar-refractivity contribution < 1.29 is 4.74 Å². The van der Waals surface area contributed by atoms with Crippen molar-refractivity contribution in [3.8, 4) is 11.5 Å². The first-order valence-electron chi connectivity index (χ1n) is 10.9. The zero-order valence-electron chi connectivity index (χ0n) is 19.3. The first-order chi connectivity index (χ1) is 14.1. The highest BCUT2D eigenvalue weighted by Gasteiger charge is 2.36. The van der Waals surface area contributed by atoms with E-state index in [1.54, 1.807) is 0 Å². The SMILES string of the molecule is CC(c1ccccc1)N1c2cccc([Si](C)(C)C)c2Oc2c1cccc2[Si](C)(C)C. The lowest BCUT2D eigenvalue weighted by Gasteiger charge is -2.40. The van der Waals surface area contributed by atoms with Crippen LogP contribution in [0, 0.1) is 0 Å². The van der Waals surface area contributed by atoms with Gasteiger partial charge in [-0.25, -0.2) is 0 Å². The Balaban J connectivity index is 2.00. The van der Waals surface area contributed by atoms with Crippen molar-refractivity contribution >= 4 is 37.9 Å². The predicted molar refractivity (Wildman–Crippen MR) is 136 cm³/mol. The van der Waals surface area contributed by atoms with Gasteiger partial charge in [-0.3, -0.25) is 0 Å². The van der Waals surface area contributed by atoms with Crippen LogP contribution < -0.4 is 20.0 Å². The Morgan fingerprint density at radius 1 is 0.633 bits per heavy atom. The summed E-state index contributed by atoms with van der Waals surface area (Å²) in [5.74, 6) is 2.13. The summed E-state index contributed by atoms with van der Waals surface area (Å²) in [5, 5.41) is 2.78. The molecule has 0 spiro atoms. The highest BCUT2D eigenvalue weighted by atomic mass is 28.3. The van der Waals surface area contributed by atoms with Gasteiger partial charge in [-0.15, -0.1) is 0 Å². The molecule has 0 radical (unpaired) electrons. The molecule has 4 rings (SSSR count). The molecule has 1 atom stereocenters. The molecule has 0 saturated carbocycles. The summed E-state index contributed by atoms with van der Waals surface area (Å²) in [6.07, 6.45) is 0. The third kappa shape index (κ3) is 3.63. The van der Waals surface area contributed by atoms with E-state index in [4.69, 9.17) is 4.74 Å². The van der Waals surface area contributed by atoms with Crippen LogP contribution >= 0.6 is 0 Å². The molecule has 30 heavy (non-hydrogen) atoms. The normalized spacial score (nSPS) is 14.6. The standard InChI is InChI=1S/C26H33NOSi2/c1-19(20-13-9-8-10-14-20)27-21-15-11-17-23(29(2,3)4)25(21)28-26-22(27)16-12-18-24(26)30(5,6)7/h8-19H,1-7H3. The smallest absolute Gasteiger partial charge is 0.150 e. The number of fused-ring (bicyclic) bond motifs is 2. The average Bonchev–Trinajstić information content (AvgIpc) is 2.69. The summed E-state index contributed by atoms with van der Waals surface area (Å²) < 4.78 is 6.84. The van der Waals surface area contributed by atoms with Gasteiger partial charge >= 0.3 is 0 Å². The molecule has 1 aliphatic heterocycles. The largest absolute Gasteiger partial charge is 0.453 e. The van der Waals surface area contributed by atoms with E-state index in [2.05, 4.69) is 118 Å². The number of anilines is 2. The van der Waals surface area contributed by atoms with Crippen molar-refractivity contribution in [3.05, 3.63) is 72.3 Å². The van der Waals surface area contributed by atoms with E-state index in [1.807, 2.05) is 0 Å². The van der Waals surface area contributed by atoms with E-state index < -0.39 is 16.1 Å². The molecule has 156 valence electrons. The van der Waals surface area contributed by atoms with Crippen molar-refractivity contribution in [2.45, 2.75) is 52.2 Å². The van der Waals surface area contributed by atoms with Crippen molar-refractivity contribution in [2.75, 3.05) is 4.90 Å². The maximum Gasteiger partial charge on any atom is 0.150 e. The first-order valence-corrected chi connectivity index (χ1v) is 17.9. The zero-order valence-corrected chi connectivity index (χ0v) is 21.3. The van der Waals surface area contributed by atoms with Crippen molar-refractivity contribution in [2.24, 2.45) is 0 Å². The summed E-state index contributed by atoms with van der Waals surface area (Å²) in [5.41, 5.74) is 3.69. The zero-order chi connectivity index (χ0) is 21.7. The van der Waals surface area contributed by atoms with Gasteiger partial charge in [0.05, 0.1) is 33.6 Å². The fourth-order valence-corrected chi connectivity index (χ4v) is 7.27. The van der Waals surface area contributed by atoms with E-state index in [0.717, 1.165) is 11.5 Å². The minimum atomic E-state index is -1.58. The summed E-state index contributed by atoms with van der Waals surface area (Å²) in [6, 6.07) is 24.4. The molecular formula is C26H33NOSi2. The third-order valence-electron chi connectivity index (χ3n) is 6.00. The van der Waals surface area contributed by atoms with Crippen molar-refractivity contribution in [3.63, 3.8) is 0 Å². The second-order valence-corrected chi connectivity index (χ2v) is 20.4. The monoisotopic (exact) mass is 431 g/mol. The number of hydrogen-bond acceptors (Lipinski definition) is 2. The van der Waals surface area contributed by atoms with Crippen LogP contribution in [-0.4, -0.2) is 16.1 Å². The molecule has 2 nitrogen and oxygen atoms in total. The summed E-state index contributed by atoms with van der Waals surface area (Å²) in [6.45, 7) is 16.7. The van der Waals surface area contributed by atoms with Gasteiger partial charge in [-0.2, -0.15) is 0 Å². The number of nitrogens with zero attached hydrogens (tertiary/aromatic N) is 1. The third-order valence-corrected chi connectivity index (χ3v) is 10.0. The maximum atomic E-state index is 6.84. The lowest BCUT2D eigenvalue weighted by atomic mass is 10.0. The van der Waals surface area contributed by atoms with Crippen LogP contribution in [0.5, 0.6) is 11.5 Å². The molecule has 0 bridgehead atoms. The van der Waals surface area contributed by atoms with E-state index in [-0.39, 0.29) is 6.04 Å². The molecule has 0 N–H and O–H groups in total. The maximum absolute atomic E-state index is 6.84. The molecule has 0 fully saturated rings. The number of benzene rings is 3. The number of ether oxygens (including phenoxy) is 1. The summed E-state index contributed by atoms with van der Waals surface area (Å²) >= 11 is 0. The Hall–Kier alpha value is -2.31. The van der Waals surface area contributed by atoms with Crippen molar-refractivity contribution in [1.29, 1.82) is 0 Å². The molecule has 4 heteroatoms. The molecule has 0 aliphatic carbocycles. The van der Waals surface area contributed by atoms with Gasteiger partial charge in [0.15, 0.2) is 0 Å². The minimum absolute atomic E-state index is 0.210. The Morgan fingerprint density at radius 2 is 1.10 bits per heavy atom. The first kappa shape index (κ1) is 20.9. The Kier molecular flexibility index (Phi) is 5.19. The lowest BCUT2D eigenvalue weighted by Crippen LogP contribution is -2.43. The molecule has 1 aliphatic rings. The quantitative estimate of drug-likeness (QED) is 0.422. The minimum Gasteiger partial charge on any atom is -0.453 e. The van der Waals surface area contributed by atoms with Crippen LogP contribution in [0.25, 0.3) is 0 Å². The van der Waals surface area contributed by atoms with Gasteiger partial charge in [0.2, 0.25) is 0 Å². The molecular weight excluding hydrogens is 398 g/mol. The van der Waals surface area contributed by atoms with Crippen LogP contribution in [0.15, 0.2) is 66.7 Å². The molecule has 1 heterocycles. The molecule has 1 unspecified atom stereocenters. The molecule has 3 aromatic carbocycles. The predicted octanol–water partition coefficient (Wildman–Crippen LogP) is 6.78. The molecule has 3 aromatic rings. The van der Waals surface area contributed by atoms with E-state index in [9.17, 15) is 0 Å².